The summed E-state index contributed by atoms with van der Waals surface area (Å²) in [5.74, 6) is -0.248. The number of aromatic nitrogens is 1. The molecule has 1 aromatic carbocycles. The zero-order valence-corrected chi connectivity index (χ0v) is 7.50. The van der Waals surface area contributed by atoms with Crippen molar-refractivity contribution in [3.63, 3.8) is 0 Å². The molecule has 0 aliphatic heterocycles. The molecule has 0 aliphatic carbocycles. The molecule has 0 unspecified atom stereocenters. The predicted octanol–water partition coefficient (Wildman–Crippen LogP) is 2.31. The second-order valence-electron chi connectivity index (χ2n) is 3.09. The van der Waals surface area contributed by atoms with Crippen LogP contribution in [0.1, 0.15) is 5.56 Å². The summed E-state index contributed by atoms with van der Waals surface area (Å²) < 4.78 is 12.6. The number of nitrogens with one attached hydrogen (secondary N) is 1. The van der Waals surface area contributed by atoms with Gasteiger partial charge in [-0.15, -0.1) is 0 Å². The van der Waals surface area contributed by atoms with Crippen LogP contribution in [-0.4, -0.2) is 10.1 Å². The van der Waals surface area contributed by atoms with Gasteiger partial charge < -0.3 is 10.1 Å². The zero-order valence-electron chi connectivity index (χ0n) is 7.50. The van der Waals surface area contributed by atoms with Crippen molar-refractivity contribution >= 4 is 0 Å². The normalized spacial score (nSPS) is 10.4. The van der Waals surface area contributed by atoms with E-state index in [0.717, 1.165) is 16.8 Å². The van der Waals surface area contributed by atoms with E-state index in [2.05, 4.69) is 4.98 Å². The minimum absolute atomic E-state index is 0.0116. The van der Waals surface area contributed by atoms with Crippen molar-refractivity contribution in [3.05, 3.63) is 47.9 Å². The highest BCUT2D eigenvalue weighted by Gasteiger charge is 2.00. The average Bonchev–Trinajstić information content (AvgIpc) is 2.67. The van der Waals surface area contributed by atoms with Gasteiger partial charge in [0.05, 0.1) is 6.61 Å². The van der Waals surface area contributed by atoms with Crippen LogP contribution in [0.15, 0.2) is 36.5 Å². The molecule has 0 atom stereocenters. The highest BCUT2D eigenvalue weighted by molar-refractivity contribution is 5.60. The summed E-state index contributed by atoms with van der Waals surface area (Å²) in [7, 11) is 0. The first-order valence-corrected chi connectivity index (χ1v) is 4.33. The Bertz CT molecular complexity index is 419. The van der Waals surface area contributed by atoms with Crippen molar-refractivity contribution in [2.45, 2.75) is 6.61 Å². The molecule has 0 bridgehead atoms. The van der Waals surface area contributed by atoms with Gasteiger partial charge in [0.2, 0.25) is 0 Å². The van der Waals surface area contributed by atoms with E-state index in [4.69, 9.17) is 5.11 Å². The Morgan fingerprint density at radius 1 is 1.21 bits per heavy atom. The van der Waals surface area contributed by atoms with E-state index >= 15 is 0 Å². The van der Waals surface area contributed by atoms with E-state index in [1.54, 1.807) is 18.3 Å². The van der Waals surface area contributed by atoms with Crippen LogP contribution in [0.2, 0.25) is 0 Å². The van der Waals surface area contributed by atoms with Gasteiger partial charge in [-0.3, -0.25) is 0 Å². The summed E-state index contributed by atoms with van der Waals surface area (Å²) in [5.41, 5.74) is 2.62. The monoisotopic (exact) mass is 191 g/mol. The molecule has 0 fully saturated rings. The number of H-pyrrole nitrogens is 1. The van der Waals surface area contributed by atoms with Gasteiger partial charge in [0.25, 0.3) is 0 Å². The van der Waals surface area contributed by atoms with Crippen LogP contribution >= 0.6 is 0 Å². The van der Waals surface area contributed by atoms with Crippen molar-refractivity contribution in [2.24, 2.45) is 0 Å². The third-order valence-electron chi connectivity index (χ3n) is 2.08. The predicted molar refractivity (Wildman–Crippen MR) is 52.1 cm³/mol. The molecule has 2 nitrogen and oxygen atoms in total. The molecule has 0 saturated carbocycles. The van der Waals surface area contributed by atoms with Gasteiger partial charge in [-0.2, -0.15) is 0 Å². The summed E-state index contributed by atoms with van der Waals surface area (Å²) in [4.78, 5) is 3.01. The number of hydrogen-bond donors (Lipinski definition) is 2. The maximum Gasteiger partial charge on any atom is 0.123 e. The SMILES string of the molecule is OCc1c[nH]c(-c2ccc(F)cc2)c1. The van der Waals surface area contributed by atoms with E-state index in [0.29, 0.717) is 0 Å². The summed E-state index contributed by atoms with van der Waals surface area (Å²) in [5, 5.41) is 8.86. The molecule has 0 spiro atoms. The molecule has 14 heavy (non-hydrogen) atoms. The van der Waals surface area contributed by atoms with Crippen LogP contribution in [0.3, 0.4) is 0 Å². The van der Waals surface area contributed by atoms with E-state index in [1.165, 1.54) is 12.1 Å². The number of rotatable bonds is 2. The molecule has 1 aromatic heterocycles. The molecule has 2 N–H and O–H groups in total. The number of halogens is 1. The summed E-state index contributed by atoms with van der Waals surface area (Å²) in [6, 6.07) is 8.06. The zero-order chi connectivity index (χ0) is 9.97. The van der Waals surface area contributed by atoms with Crippen molar-refractivity contribution in [2.75, 3.05) is 0 Å². The van der Waals surface area contributed by atoms with Crippen LogP contribution in [-0.2, 0) is 6.61 Å². The van der Waals surface area contributed by atoms with Gasteiger partial charge in [0.1, 0.15) is 5.82 Å². The number of hydrogen-bond acceptors (Lipinski definition) is 1. The highest BCUT2D eigenvalue weighted by atomic mass is 19.1. The minimum atomic E-state index is -0.248. The molecule has 2 rings (SSSR count). The molecular weight excluding hydrogens is 181 g/mol. The second kappa shape index (κ2) is 3.64. The summed E-state index contributed by atoms with van der Waals surface area (Å²) >= 11 is 0. The largest absolute Gasteiger partial charge is 0.392 e. The lowest BCUT2D eigenvalue weighted by Gasteiger charge is -1.96. The Balaban J connectivity index is 2.34. The lowest BCUT2D eigenvalue weighted by molar-refractivity contribution is 0.282. The fraction of sp³-hybridized carbons (Fsp3) is 0.0909. The lowest BCUT2D eigenvalue weighted by Crippen LogP contribution is -1.78. The van der Waals surface area contributed by atoms with Crippen LogP contribution in [0.25, 0.3) is 11.3 Å². The maximum absolute atomic E-state index is 12.6. The van der Waals surface area contributed by atoms with Gasteiger partial charge >= 0.3 is 0 Å². The molecule has 0 saturated heterocycles. The van der Waals surface area contributed by atoms with E-state index in [1.807, 2.05) is 6.07 Å². The van der Waals surface area contributed by atoms with Crippen molar-refractivity contribution in [1.29, 1.82) is 0 Å². The molecule has 3 heteroatoms. The van der Waals surface area contributed by atoms with Crippen LogP contribution in [0.5, 0.6) is 0 Å². The molecule has 2 aromatic rings. The van der Waals surface area contributed by atoms with E-state index < -0.39 is 0 Å². The summed E-state index contributed by atoms with van der Waals surface area (Å²) in [6.07, 6.45) is 1.73. The molecule has 0 amide bonds. The van der Waals surface area contributed by atoms with Crippen molar-refractivity contribution in [3.8, 4) is 11.3 Å². The van der Waals surface area contributed by atoms with Gasteiger partial charge in [-0.1, -0.05) is 0 Å². The molecule has 0 radical (unpaired) electrons. The number of aliphatic hydroxyl groups excluding tert-OH is 1. The van der Waals surface area contributed by atoms with Gasteiger partial charge in [-0.05, 0) is 41.5 Å². The third-order valence-corrected chi connectivity index (χ3v) is 2.08. The molecule has 72 valence electrons. The minimum Gasteiger partial charge on any atom is -0.392 e. The topological polar surface area (TPSA) is 36.0 Å². The van der Waals surface area contributed by atoms with E-state index in [9.17, 15) is 4.39 Å². The first kappa shape index (κ1) is 8.97. The molecular formula is C11H10FNO. The maximum atomic E-state index is 12.6. The molecule has 0 aliphatic rings. The Hall–Kier alpha value is -1.61. The quantitative estimate of drug-likeness (QED) is 0.750. The third kappa shape index (κ3) is 1.67. The van der Waals surface area contributed by atoms with Gasteiger partial charge in [-0.25, -0.2) is 4.39 Å². The van der Waals surface area contributed by atoms with Crippen LogP contribution in [0, 0.1) is 5.82 Å². The Morgan fingerprint density at radius 3 is 2.50 bits per heavy atom. The Morgan fingerprint density at radius 2 is 1.93 bits per heavy atom. The standard InChI is InChI=1S/C11H10FNO/c12-10-3-1-9(2-4-10)11-5-8(7-14)6-13-11/h1-6,13-14H,7H2. The Labute approximate surface area is 81.0 Å². The first-order chi connectivity index (χ1) is 6.79. The fourth-order valence-electron chi connectivity index (χ4n) is 1.33. The molecule has 1 heterocycles. The number of aliphatic hydroxyl groups is 1. The average molecular weight is 191 g/mol. The van der Waals surface area contributed by atoms with Gasteiger partial charge in [0.15, 0.2) is 0 Å². The second-order valence-corrected chi connectivity index (χ2v) is 3.09. The van der Waals surface area contributed by atoms with E-state index in [-0.39, 0.29) is 12.4 Å². The van der Waals surface area contributed by atoms with Crippen LogP contribution in [0.4, 0.5) is 4.39 Å². The van der Waals surface area contributed by atoms with Crippen molar-refractivity contribution < 1.29 is 9.50 Å². The smallest absolute Gasteiger partial charge is 0.123 e. The number of aromatic amines is 1. The van der Waals surface area contributed by atoms with Crippen molar-refractivity contribution in [1.82, 2.24) is 4.98 Å². The lowest BCUT2D eigenvalue weighted by atomic mass is 10.1. The summed E-state index contributed by atoms with van der Waals surface area (Å²) in [6.45, 7) is 0.0116. The Kier molecular flexibility index (Phi) is 2.33. The van der Waals surface area contributed by atoms with Gasteiger partial charge in [0, 0.05) is 11.9 Å². The number of benzene rings is 1. The fourth-order valence-corrected chi connectivity index (χ4v) is 1.33. The van der Waals surface area contributed by atoms with Crippen LogP contribution < -0.4 is 0 Å². The highest BCUT2D eigenvalue weighted by Crippen LogP contribution is 2.19. The first-order valence-electron chi connectivity index (χ1n) is 4.33.